The van der Waals surface area contributed by atoms with Gasteiger partial charge in [0.15, 0.2) is 5.69 Å². The number of nitrogens with one attached hydrogen (secondary N) is 2. The molecule has 2 N–H and O–H groups in total. The van der Waals surface area contributed by atoms with E-state index < -0.39 is 6.04 Å². The molecule has 1 aromatic heterocycles. The molecule has 0 saturated heterocycles. The molecule has 1 aliphatic heterocycles. The van der Waals surface area contributed by atoms with Crippen LogP contribution in [-0.4, -0.2) is 34.6 Å². The summed E-state index contributed by atoms with van der Waals surface area (Å²) in [5, 5.41) is 10.5. The average molecular weight is 348 g/mol. The number of aryl methyl sites for hydroxylation is 1. The second kappa shape index (κ2) is 6.63. The van der Waals surface area contributed by atoms with Crippen molar-refractivity contribution in [3.8, 4) is 0 Å². The van der Waals surface area contributed by atoms with E-state index in [4.69, 9.17) is 0 Å². The molecule has 3 aromatic rings. The van der Waals surface area contributed by atoms with Gasteiger partial charge in [0.25, 0.3) is 5.91 Å². The molecule has 2 heterocycles. The van der Waals surface area contributed by atoms with Gasteiger partial charge in [0.05, 0.1) is 5.52 Å². The number of amides is 2. The van der Waals surface area contributed by atoms with E-state index >= 15 is 0 Å². The highest BCUT2D eigenvalue weighted by molar-refractivity contribution is 6.07. The van der Waals surface area contributed by atoms with Crippen LogP contribution in [0.4, 0.5) is 5.69 Å². The normalized spacial score (nSPS) is 14.7. The number of nitrogens with zero attached hydrogens (tertiary/aromatic N) is 2. The lowest BCUT2D eigenvalue weighted by atomic mass is 10.0. The third-order valence-corrected chi connectivity index (χ3v) is 4.78. The number of aromatic amines is 1. The van der Waals surface area contributed by atoms with E-state index in [0.717, 1.165) is 29.4 Å². The predicted molar refractivity (Wildman–Crippen MR) is 100 cm³/mol. The monoisotopic (exact) mass is 348 g/mol. The molecule has 132 valence electrons. The van der Waals surface area contributed by atoms with Crippen LogP contribution >= 0.6 is 0 Å². The van der Waals surface area contributed by atoms with E-state index in [1.807, 2.05) is 48.5 Å². The molecule has 4 rings (SSSR count). The van der Waals surface area contributed by atoms with Crippen LogP contribution in [0, 0.1) is 0 Å². The fourth-order valence-corrected chi connectivity index (χ4v) is 3.46. The number of benzene rings is 2. The second-order valence-corrected chi connectivity index (χ2v) is 6.54. The molecule has 0 radical (unpaired) electrons. The number of aromatic nitrogens is 2. The third kappa shape index (κ3) is 2.83. The van der Waals surface area contributed by atoms with Crippen LogP contribution in [-0.2, 0) is 11.2 Å². The Labute approximate surface area is 151 Å². The first-order chi connectivity index (χ1) is 12.6. The Hall–Kier alpha value is -3.15. The Bertz CT molecular complexity index is 979. The van der Waals surface area contributed by atoms with Crippen LogP contribution in [0.2, 0.25) is 0 Å². The van der Waals surface area contributed by atoms with Crippen LogP contribution in [0.25, 0.3) is 10.9 Å². The lowest BCUT2D eigenvalue weighted by molar-refractivity contribution is -0.120. The van der Waals surface area contributed by atoms with Crippen molar-refractivity contribution >= 4 is 28.4 Å². The zero-order chi connectivity index (χ0) is 18.1. The van der Waals surface area contributed by atoms with E-state index in [9.17, 15) is 9.59 Å². The van der Waals surface area contributed by atoms with Crippen molar-refractivity contribution < 1.29 is 9.59 Å². The first kappa shape index (κ1) is 16.3. The van der Waals surface area contributed by atoms with Gasteiger partial charge in [0, 0.05) is 17.6 Å². The Morgan fingerprint density at radius 2 is 1.92 bits per heavy atom. The van der Waals surface area contributed by atoms with Crippen molar-refractivity contribution in [2.24, 2.45) is 0 Å². The van der Waals surface area contributed by atoms with Gasteiger partial charge in [-0.3, -0.25) is 14.7 Å². The molecule has 1 aliphatic rings. The average Bonchev–Trinajstić information content (AvgIpc) is 3.11. The molecular formula is C20H20N4O2. The third-order valence-electron chi connectivity index (χ3n) is 4.78. The van der Waals surface area contributed by atoms with Gasteiger partial charge in [-0.05, 0) is 37.5 Å². The number of fused-ring (bicyclic) bond motifs is 2. The second-order valence-electron chi connectivity index (χ2n) is 6.54. The highest BCUT2D eigenvalue weighted by Crippen LogP contribution is 2.27. The SMILES string of the molecule is CC(NC(=O)c1n[nH]c2ccccc12)C(=O)N1CCCc2ccccc21. The number of hydrogen-bond donors (Lipinski definition) is 2. The minimum atomic E-state index is -0.635. The molecule has 0 fully saturated rings. The first-order valence-electron chi connectivity index (χ1n) is 8.78. The quantitative estimate of drug-likeness (QED) is 0.764. The van der Waals surface area contributed by atoms with Gasteiger partial charge in [-0.1, -0.05) is 36.4 Å². The lowest BCUT2D eigenvalue weighted by Crippen LogP contribution is -2.48. The van der Waals surface area contributed by atoms with E-state index in [0.29, 0.717) is 12.2 Å². The molecule has 0 spiro atoms. The summed E-state index contributed by atoms with van der Waals surface area (Å²) in [6.45, 7) is 2.38. The summed E-state index contributed by atoms with van der Waals surface area (Å²) < 4.78 is 0. The fourth-order valence-electron chi connectivity index (χ4n) is 3.46. The van der Waals surface area contributed by atoms with Crippen molar-refractivity contribution in [3.63, 3.8) is 0 Å². The van der Waals surface area contributed by atoms with Crippen molar-refractivity contribution in [2.75, 3.05) is 11.4 Å². The van der Waals surface area contributed by atoms with Gasteiger partial charge in [-0.15, -0.1) is 0 Å². The molecule has 0 bridgehead atoms. The number of hydrogen-bond acceptors (Lipinski definition) is 3. The summed E-state index contributed by atoms with van der Waals surface area (Å²) in [6, 6.07) is 14.7. The molecule has 2 amide bonds. The summed E-state index contributed by atoms with van der Waals surface area (Å²) >= 11 is 0. The van der Waals surface area contributed by atoms with Gasteiger partial charge < -0.3 is 10.2 Å². The Kier molecular flexibility index (Phi) is 4.16. The van der Waals surface area contributed by atoms with Gasteiger partial charge >= 0.3 is 0 Å². The maximum absolute atomic E-state index is 12.9. The maximum Gasteiger partial charge on any atom is 0.273 e. The van der Waals surface area contributed by atoms with Crippen LogP contribution in [0.1, 0.15) is 29.4 Å². The fraction of sp³-hybridized carbons (Fsp3) is 0.250. The number of carbonyl (C=O) groups excluding carboxylic acids is 2. The standard InChI is InChI=1S/C20H20N4O2/c1-13(20(26)24-12-6-8-14-7-2-5-11-17(14)24)21-19(25)18-15-9-3-4-10-16(15)22-23-18/h2-5,7,9-11,13H,6,8,12H2,1H3,(H,21,25)(H,22,23). The maximum atomic E-state index is 12.9. The van der Waals surface area contributed by atoms with E-state index in [1.54, 1.807) is 11.8 Å². The Balaban J connectivity index is 1.52. The molecule has 1 atom stereocenters. The largest absolute Gasteiger partial charge is 0.339 e. The lowest BCUT2D eigenvalue weighted by Gasteiger charge is -2.31. The minimum Gasteiger partial charge on any atom is -0.339 e. The molecule has 6 nitrogen and oxygen atoms in total. The number of rotatable bonds is 3. The summed E-state index contributed by atoms with van der Waals surface area (Å²) in [5.41, 5.74) is 3.21. The molecule has 6 heteroatoms. The smallest absolute Gasteiger partial charge is 0.273 e. The van der Waals surface area contributed by atoms with Crippen molar-refractivity contribution in [1.82, 2.24) is 15.5 Å². The highest BCUT2D eigenvalue weighted by Gasteiger charge is 2.28. The van der Waals surface area contributed by atoms with Crippen LogP contribution < -0.4 is 10.2 Å². The van der Waals surface area contributed by atoms with Gasteiger partial charge in [0.1, 0.15) is 6.04 Å². The summed E-state index contributed by atoms with van der Waals surface area (Å²) in [5.74, 6) is -0.459. The molecule has 0 saturated carbocycles. The first-order valence-corrected chi connectivity index (χ1v) is 8.78. The van der Waals surface area contributed by atoms with Crippen LogP contribution in [0.3, 0.4) is 0 Å². The van der Waals surface area contributed by atoms with E-state index in [2.05, 4.69) is 15.5 Å². The van der Waals surface area contributed by atoms with Crippen molar-refractivity contribution in [1.29, 1.82) is 0 Å². The molecule has 26 heavy (non-hydrogen) atoms. The molecular weight excluding hydrogens is 328 g/mol. The van der Waals surface area contributed by atoms with Gasteiger partial charge in [-0.25, -0.2) is 0 Å². The Morgan fingerprint density at radius 1 is 1.15 bits per heavy atom. The number of H-pyrrole nitrogens is 1. The number of para-hydroxylation sites is 2. The summed E-state index contributed by atoms with van der Waals surface area (Å²) in [6.07, 6.45) is 1.90. The highest BCUT2D eigenvalue weighted by atomic mass is 16.2. The molecule has 0 aliphatic carbocycles. The topological polar surface area (TPSA) is 78.1 Å². The van der Waals surface area contributed by atoms with Crippen LogP contribution in [0.15, 0.2) is 48.5 Å². The summed E-state index contributed by atoms with van der Waals surface area (Å²) in [4.78, 5) is 27.3. The van der Waals surface area contributed by atoms with Gasteiger partial charge in [0.2, 0.25) is 5.91 Å². The Morgan fingerprint density at radius 3 is 2.81 bits per heavy atom. The molecule has 1 unspecified atom stereocenters. The van der Waals surface area contributed by atoms with Crippen molar-refractivity contribution in [3.05, 3.63) is 59.8 Å². The van der Waals surface area contributed by atoms with Crippen LogP contribution in [0.5, 0.6) is 0 Å². The number of anilines is 1. The van der Waals surface area contributed by atoms with E-state index in [-0.39, 0.29) is 11.8 Å². The zero-order valence-electron chi connectivity index (χ0n) is 14.5. The van der Waals surface area contributed by atoms with Gasteiger partial charge in [-0.2, -0.15) is 5.10 Å². The predicted octanol–water partition coefficient (Wildman–Crippen LogP) is 2.66. The van der Waals surface area contributed by atoms with Crippen molar-refractivity contribution in [2.45, 2.75) is 25.8 Å². The number of carbonyl (C=O) groups is 2. The zero-order valence-corrected chi connectivity index (χ0v) is 14.5. The molecule has 2 aromatic carbocycles. The summed E-state index contributed by atoms with van der Waals surface area (Å²) in [7, 11) is 0. The minimum absolute atomic E-state index is 0.106. The van der Waals surface area contributed by atoms with E-state index in [1.165, 1.54) is 5.56 Å².